The molecule has 0 spiro atoms. The second-order valence-electron chi connectivity index (χ2n) is 10.5. The Kier molecular flexibility index (Phi) is 7.56. The Hall–Kier alpha value is -3.20. The third-order valence-electron chi connectivity index (χ3n) is 7.78. The predicted molar refractivity (Wildman–Crippen MR) is 142 cm³/mol. The van der Waals surface area contributed by atoms with E-state index in [1.54, 1.807) is 27.9 Å². The molecule has 3 aromatic rings. The third-order valence-corrected chi connectivity index (χ3v) is 8.09. The van der Waals surface area contributed by atoms with E-state index >= 15 is 0 Å². The Balaban J connectivity index is 1.24. The first-order valence-electron chi connectivity index (χ1n) is 13.0. The van der Waals surface area contributed by atoms with E-state index in [1.807, 2.05) is 24.3 Å². The van der Waals surface area contributed by atoms with E-state index in [9.17, 15) is 18.4 Å². The summed E-state index contributed by atoms with van der Waals surface area (Å²) in [7, 11) is 0. The van der Waals surface area contributed by atoms with Gasteiger partial charge in [-0.15, -0.1) is 0 Å². The Morgan fingerprint density at radius 3 is 2.45 bits per heavy atom. The number of carboxylic acid groups (broad SMARTS) is 1. The third kappa shape index (κ3) is 5.93. The Morgan fingerprint density at radius 2 is 1.79 bits per heavy atom. The lowest BCUT2D eigenvalue weighted by Gasteiger charge is -2.27. The number of hydrogen-bond acceptors (Lipinski definition) is 4. The van der Waals surface area contributed by atoms with Crippen LogP contribution in [0.25, 0.3) is 10.9 Å². The van der Waals surface area contributed by atoms with Crippen molar-refractivity contribution in [3.05, 3.63) is 58.7 Å². The molecule has 2 aromatic carbocycles. The minimum Gasteiger partial charge on any atom is -0.481 e. The fourth-order valence-corrected chi connectivity index (χ4v) is 5.90. The summed E-state index contributed by atoms with van der Waals surface area (Å²) in [5, 5.41) is 17.7. The molecule has 1 saturated heterocycles. The highest BCUT2D eigenvalue weighted by atomic mass is 35.5. The summed E-state index contributed by atoms with van der Waals surface area (Å²) < 4.78 is 28.9. The van der Waals surface area contributed by atoms with Crippen LogP contribution in [0.1, 0.15) is 54.4 Å². The second kappa shape index (κ2) is 10.9. The van der Waals surface area contributed by atoms with Crippen LogP contribution < -0.4 is 10.2 Å². The summed E-state index contributed by atoms with van der Waals surface area (Å²) >= 11 is 6.52. The topological polar surface area (TPSA) is 87.5 Å². The number of anilines is 1. The van der Waals surface area contributed by atoms with Crippen molar-refractivity contribution in [2.75, 3.05) is 24.5 Å². The average molecular weight is 545 g/mol. The molecule has 38 heavy (non-hydrogen) atoms. The minimum atomic E-state index is -2.64. The summed E-state index contributed by atoms with van der Waals surface area (Å²) in [4.78, 5) is 25.7. The minimum absolute atomic E-state index is 0.129. The van der Waals surface area contributed by atoms with Gasteiger partial charge in [0.1, 0.15) is 0 Å². The maximum absolute atomic E-state index is 13.6. The molecule has 10 heteroatoms. The first-order valence-corrected chi connectivity index (χ1v) is 13.4. The van der Waals surface area contributed by atoms with Crippen LogP contribution >= 0.6 is 11.6 Å². The summed E-state index contributed by atoms with van der Waals surface area (Å²) in [6.07, 6.45) is 5.29. The van der Waals surface area contributed by atoms with E-state index in [0.29, 0.717) is 47.0 Å². The van der Waals surface area contributed by atoms with Gasteiger partial charge in [0.25, 0.3) is 11.8 Å². The Bertz CT molecular complexity index is 1320. The van der Waals surface area contributed by atoms with Crippen molar-refractivity contribution in [1.29, 1.82) is 0 Å². The number of halogens is 3. The number of aromatic nitrogens is 2. The van der Waals surface area contributed by atoms with Crippen molar-refractivity contribution in [2.45, 2.75) is 51.0 Å². The molecule has 0 radical (unpaired) electrons. The van der Waals surface area contributed by atoms with Crippen LogP contribution in [-0.2, 0) is 11.3 Å². The number of rotatable bonds is 8. The van der Waals surface area contributed by atoms with Gasteiger partial charge in [-0.25, -0.2) is 8.78 Å². The van der Waals surface area contributed by atoms with Gasteiger partial charge in [-0.05, 0) is 67.3 Å². The quantitative estimate of drug-likeness (QED) is 0.386. The molecule has 2 heterocycles. The molecule has 2 N–H and O–H groups in total. The highest BCUT2D eigenvalue weighted by Gasteiger charge is 2.38. The molecule has 0 atom stereocenters. The SMILES string of the molecule is O=C(O)CC1CCC(CNC(=O)c2ccc(Cl)c3c2cnn3Cc2ccc(N3CCC(F)(F)C3)cc2)CC1. The van der Waals surface area contributed by atoms with Gasteiger partial charge in [-0.3, -0.25) is 14.3 Å². The van der Waals surface area contributed by atoms with Gasteiger partial charge < -0.3 is 15.3 Å². The van der Waals surface area contributed by atoms with Crippen LogP contribution in [-0.4, -0.2) is 52.3 Å². The van der Waals surface area contributed by atoms with Gasteiger partial charge in [-0.1, -0.05) is 23.7 Å². The predicted octanol–water partition coefficient (Wildman–Crippen LogP) is 5.59. The van der Waals surface area contributed by atoms with Gasteiger partial charge in [0.2, 0.25) is 0 Å². The monoisotopic (exact) mass is 544 g/mol. The van der Waals surface area contributed by atoms with Crippen molar-refractivity contribution in [1.82, 2.24) is 15.1 Å². The van der Waals surface area contributed by atoms with Gasteiger partial charge in [0, 0.05) is 37.0 Å². The zero-order chi connectivity index (χ0) is 26.9. The molecule has 7 nitrogen and oxygen atoms in total. The number of amides is 1. The van der Waals surface area contributed by atoms with Crippen LogP contribution in [0.15, 0.2) is 42.6 Å². The zero-order valence-corrected chi connectivity index (χ0v) is 21.8. The van der Waals surface area contributed by atoms with E-state index < -0.39 is 11.9 Å². The van der Waals surface area contributed by atoms with Crippen LogP contribution in [0.5, 0.6) is 0 Å². The number of aliphatic carboxylic acids is 1. The lowest BCUT2D eigenvalue weighted by molar-refractivity contribution is -0.138. The van der Waals surface area contributed by atoms with Crippen molar-refractivity contribution >= 4 is 40.1 Å². The number of carboxylic acids is 1. The molecular formula is C28H31ClF2N4O3. The number of carbonyl (C=O) groups excluding carboxylic acids is 1. The average Bonchev–Trinajstić information content (AvgIpc) is 3.47. The van der Waals surface area contributed by atoms with E-state index in [1.165, 1.54) is 0 Å². The number of nitrogens with zero attached hydrogens (tertiary/aromatic N) is 3. The highest BCUT2D eigenvalue weighted by molar-refractivity contribution is 6.35. The fraction of sp³-hybridized carbons (Fsp3) is 0.464. The van der Waals surface area contributed by atoms with Crippen molar-refractivity contribution in [3.63, 3.8) is 0 Å². The molecule has 1 saturated carbocycles. The van der Waals surface area contributed by atoms with Crippen LogP contribution in [0.3, 0.4) is 0 Å². The van der Waals surface area contributed by atoms with E-state index in [4.69, 9.17) is 16.7 Å². The Morgan fingerprint density at radius 1 is 1.08 bits per heavy atom. The Labute approximate surface area is 224 Å². The normalized spacial score (nSPS) is 21.1. The standard InChI is InChI=1S/C28H31ClF2N4O3/c29-24-10-9-22(27(38)32-14-19-3-1-18(2-4-19)13-25(36)37)23-15-33-35(26(23)24)16-20-5-7-21(8-6-20)34-12-11-28(30,31)17-34/h5-10,15,18-19H,1-4,11-14,16-17H2,(H,32,38)(H,36,37). The van der Waals surface area contributed by atoms with Gasteiger partial charge in [0.05, 0.1) is 35.4 Å². The smallest absolute Gasteiger partial charge is 0.303 e. The van der Waals surface area contributed by atoms with Gasteiger partial charge >= 0.3 is 5.97 Å². The molecule has 1 aromatic heterocycles. The van der Waals surface area contributed by atoms with Crippen molar-refractivity contribution < 1.29 is 23.5 Å². The summed E-state index contributed by atoms with van der Waals surface area (Å²) in [6.45, 7) is 1.04. The molecule has 0 unspecified atom stereocenters. The highest BCUT2D eigenvalue weighted by Crippen LogP contribution is 2.32. The number of benzene rings is 2. The summed E-state index contributed by atoms with van der Waals surface area (Å²) in [6, 6.07) is 10.9. The van der Waals surface area contributed by atoms with Crippen molar-refractivity contribution in [2.24, 2.45) is 11.8 Å². The molecule has 5 rings (SSSR count). The number of nitrogens with one attached hydrogen (secondary N) is 1. The molecule has 0 bridgehead atoms. The van der Waals surface area contributed by atoms with E-state index in [-0.39, 0.29) is 31.2 Å². The largest absolute Gasteiger partial charge is 0.481 e. The second-order valence-corrected chi connectivity index (χ2v) is 11.0. The molecule has 1 amide bonds. The molecule has 1 aliphatic carbocycles. The lowest BCUT2D eigenvalue weighted by atomic mass is 9.80. The zero-order valence-electron chi connectivity index (χ0n) is 21.0. The summed E-state index contributed by atoms with van der Waals surface area (Å²) in [5.74, 6) is -3.02. The maximum atomic E-state index is 13.6. The molecule has 202 valence electrons. The molecule has 2 fully saturated rings. The van der Waals surface area contributed by atoms with E-state index in [0.717, 1.165) is 36.9 Å². The number of hydrogen-bond donors (Lipinski definition) is 2. The van der Waals surface area contributed by atoms with Gasteiger partial charge in [-0.2, -0.15) is 5.10 Å². The fourth-order valence-electron chi connectivity index (χ4n) is 5.64. The first kappa shape index (κ1) is 26.4. The lowest BCUT2D eigenvalue weighted by Crippen LogP contribution is -2.31. The maximum Gasteiger partial charge on any atom is 0.303 e. The van der Waals surface area contributed by atoms with Crippen LogP contribution in [0, 0.1) is 11.8 Å². The number of fused-ring (bicyclic) bond motifs is 1. The first-order chi connectivity index (χ1) is 18.2. The molecular weight excluding hydrogens is 514 g/mol. The molecule has 1 aliphatic heterocycles. The number of carbonyl (C=O) groups is 2. The van der Waals surface area contributed by atoms with Crippen LogP contribution in [0.2, 0.25) is 5.02 Å². The summed E-state index contributed by atoms with van der Waals surface area (Å²) in [5.41, 5.74) is 2.87. The number of alkyl halides is 2. The van der Waals surface area contributed by atoms with Gasteiger partial charge in [0.15, 0.2) is 0 Å². The van der Waals surface area contributed by atoms with Crippen molar-refractivity contribution in [3.8, 4) is 0 Å². The van der Waals surface area contributed by atoms with E-state index in [2.05, 4.69) is 10.4 Å². The van der Waals surface area contributed by atoms with Crippen LogP contribution in [0.4, 0.5) is 14.5 Å². The molecule has 2 aliphatic rings.